The number of benzene rings is 3. The second-order valence-corrected chi connectivity index (χ2v) is 10.1. The second-order valence-electron chi connectivity index (χ2n) is 10.1. The van der Waals surface area contributed by atoms with E-state index in [0.717, 1.165) is 42.6 Å². The van der Waals surface area contributed by atoms with Gasteiger partial charge in [-0.15, -0.1) is 0 Å². The molecule has 0 radical (unpaired) electrons. The second kappa shape index (κ2) is 13.8. The lowest BCUT2D eigenvalue weighted by Crippen LogP contribution is -2.37. The molecule has 1 aliphatic rings. The highest BCUT2D eigenvalue weighted by atomic mass is 16.4. The number of nitrogens with zero attached hydrogens (tertiary/aromatic N) is 2. The van der Waals surface area contributed by atoms with Gasteiger partial charge in [0.1, 0.15) is 0 Å². The number of aliphatic hydroxyl groups is 1. The third-order valence-corrected chi connectivity index (χ3v) is 7.17. The number of rotatable bonds is 11. The molecule has 1 saturated heterocycles. The van der Waals surface area contributed by atoms with Crippen LogP contribution in [0, 0.1) is 6.92 Å². The number of para-hydroxylation sites is 1. The first-order valence-corrected chi connectivity index (χ1v) is 13.6. The van der Waals surface area contributed by atoms with Gasteiger partial charge < -0.3 is 15.5 Å². The van der Waals surface area contributed by atoms with Gasteiger partial charge in [0.15, 0.2) is 6.04 Å². The molecule has 3 aromatic carbocycles. The predicted octanol–water partition coefficient (Wildman–Crippen LogP) is 4.88. The Balaban J connectivity index is 1.74. The van der Waals surface area contributed by atoms with E-state index in [9.17, 15) is 19.8 Å². The van der Waals surface area contributed by atoms with Crippen LogP contribution in [0.1, 0.15) is 53.9 Å². The molecule has 7 nitrogen and oxygen atoms in total. The molecule has 3 N–H and O–H groups in total. The van der Waals surface area contributed by atoms with E-state index in [1.165, 1.54) is 6.42 Å². The van der Waals surface area contributed by atoms with E-state index in [0.29, 0.717) is 23.5 Å². The highest BCUT2D eigenvalue weighted by Gasteiger charge is 2.30. The summed E-state index contributed by atoms with van der Waals surface area (Å²) in [6, 6.07) is 23.3. The number of amides is 1. The molecule has 0 aromatic heterocycles. The minimum Gasteiger partial charge on any atom is -0.480 e. The number of nitrogens with one attached hydrogen (secondary N) is 1. The molecule has 39 heavy (non-hydrogen) atoms. The van der Waals surface area contributed by atoms with Crippen LogP contribution >= 0.6 is 0 Å². The number of carboxylic acid groups (broad SMARTS) is 1. The number of carbonyl (C=O) groups is 2. The molecular formula is C32H37N3O4. The minimum absolute atomic E-state index is 0.107. The van der Waals surface area contributed by atoms with Crippen LogP contribution in [0.2, 0.25) is 0 Å². The molecule has 7 heteroatoms. The number of hydrogen-bond acceptors (Lipinski definition) is 5. The Kier molecular flexibility index (Phi) is 10.00. The molecule has 0 aliphatic carbocycles. The molecular weight excluding hydrogens is 490 g/mol. The van der Waals surface area contributed by atoms with Gasteiger partial charge in [-0.25, -0.2) is 4.79 Å². The lowest BCUT2D eigenvalue weighted by atomic mass is 9.88. The number of aliphatic hydroxyl groups excluding tert-OH is 1. The molecule has 0 spiro atoms. The number of piperidine rings is 1. The van der Waals surface area contributed by atoms with Crippen molar-refractivity contribution in [2.75, 3.05) is 31.6 Å². The van der Waals surface area contributed by atoms with E-state index in [-0.39, 0.29) is 18.9 Å². The van der Waals surface area contributed by atoms with Crippen molar-refractivity contribution in [3.05, 3.63) is 101 Å². The van der Waals surface area contributed by atoms with E-state index in [4.69, 9.17) is 4.99 Å². The van der Waals surface area contributed by atoms with Crippen LogP contribution in [0.5, 0.6) is 0 Å². The average Bonchev–Trinajstić information content (AvgIpc) is 2.95. The number of hydrogen-bond donors (Lipinski definition) is 3. The predicted molar refractivity (Wildman–Crippen MR) is 154 cm³/mol. The molecule has 1 fully saturated rings. The number of aryl methyl sites for hydroxylation is 1. The summed E-state index contributed by atoms with van der Waals surface area (Å²) >= 11 is 0. The fourth-order valence-corrected chi connectivity index (χ4v) is 5.12. The Morgan fingerprint density at radius 1 is 0.923 bits per heavy atom. The van der Waals surface area contributed by atoms with Crippen LogP contribution in [0.4, 0.5) is 5.69 Å². The molecule has 0 bridgehead atoms. The number of likely N-dealkylation sites (tertiary alicyclic amines) is 1. The smallest absolute Gasteiger partial charge is 0.329 e. The van der Waals surface area contributed by atoms with Crippen molar-refractivity contribution in [3.8, 4) is 0 Å². The van der Waals surface area contributed by atoms with E-state index in [1.807, 2.05) is 85.8 Å². The van der Waals surface area contributed by atoms with Crippen molar-refractivity contribution in [1.29, 1.82) is 0 Å². The average molecular weight is 528 g/mol. The molecule has 0 saturated carbocycles. The number of carbonyl (C=O) groups excluding carboxylic acids is 1. The fourth-order valence-electron chi connectivity index (χ4n) is 5.12. The largest absolute Gasteiger partial charge is 0.480 e. The zero-order valence-electron chi connectivity index (χ0n) is 22.4. The van der Waals surface area contributed by atoms with Gasteiger partial charge >= 0.3 is 5.97 Å². The van der Waals surface area contributed by atoms with Gasteiger partial charge in [-0.1, -0.05) is 84.8 Å². The third kappa shape index (κ3) is 7.62. The maximum Gasteiger partial charge on any atom is 0.329 e. The third-order valence-electron chi connectivity index (χ3n) is 7.17. The maximum atomic E-state index is 13.0. The van der Waals surface area contributed by atoms with Gasteiger partial charge in [0.25, 0.3) is 0 Å². The fraction of sp³-hybridized carbons (Fsp3) is 0.344. The monoisotopic (exact) mass is 527 g/mol. The Hall–Kier alpha value is -3.81. The number of aliphatic carboxylic acids is 1. The molecule has 2 atom stereocenters. The Morgan fingerprint density at radius 2 is 1.59 bits per heavy atom. The van der Waals surface area contributed by atoms with E-state index < -0.39 is 17.9 Å². The SMILES string of the molecule is Cc1ccc([C@H](CCO)[C@@H](N=C(c2ccccc2)c2ccccc2NC(=O)CN2CCCCC2)C(=O)O)cc1. The van der Waals surface area contributed by atoms with E-state index >= 15 is 0 Å². The summed E-state index contributed by atoms with van der Waals surface area (Å²) in [6.45, 7) is 3.95. The van der Waals surface area contributed by atoms with Crippen LogP contribution in [0.15, 0.2) is 83.9 Å². The van der Waals surface area contributed by atoms with Gasteiger partial charge in [-0.2, -0.15) is 0 Å². The Morgan fingerprint density at radius 3 is 2.26 bits per heavy atom. The summed E-state index contributed by atoms with van der Waals surface area (Å²) < 4.78 is 0. The maximum absolute atomic E-state index is 13.0. The normalized spacial score (nSPS) is 15.9. The summed E-state index contributed by atoms with van der Waals surface area (Å²) in [5.41, 5.74) is 4.33. The van der Waals surface area contributed by atoms with Crippen LogP contribution in [0.25, 0.3) is 0 Å². The molecule has 4 rings (SSSR count). The van der Waals surface area contributed by atoms with Crippen LogP contribution in [0.3, 0.4) is 0 Å². The van der Waals surface area contributed by atoms with E-state index in [1.54, 1.807) is 0 Å². The van der Waals surface area contributed by atoms with Crippen LogP contribution < -0.4 is 5.32 Å². The van der Waals surface area contributed by atoms with Gasteiger partial charge in [0.05, 0.1) is 17.9 Å². The van der Waals surface area contributed by atoms with Crippen molar-refractivity contribution in [3.63, 3.8) is 0 Å². The lowest BCUT2D eigenvalue weighted by Gasteiger charge is -2.26. The topological polar surface area (TPSA) is 102 Å². The van der Waals surface area contributed by atoms with Crippen LogP contribution in [-0.2, 0) is 9.59 Å². The van der Waals surface area contributed by atoms with Crippen molar-refractivity contribution in [2.24, 2.45) is 4.99 Å². The minimum atomic E-state index is -1.15. The zero-order valence-corrected chi connectivity index (χ0v) is 22.4. The molecule has 1 heterocycles. The van der Waals surface area contributed by atoms with Gasteiger partial charge in [0, 0.05) is 23.7 Å². The van der Waals surface area contributed by atoms with E-state index in [2.05, 4.69) is 10.2 Å². The summed E-state index contributed by atoms with van der Waals surface area (Å²) in [7, 11) is 0. The molecule has 1 amide bonds. The summed E-state index contributed by atoms with van der Waals surface area (Å²) in [6.07, 6.45) is 3.64. The van der Waals surface area contributed by atoms with Gasteiger partial charge in [0.2, 0.25) is 5.91 Å². The molecule has 0 unspecified atom stereocenters. The lowest BCUT2D eigenvalue weighted by molar-refractivity contribution is -0.139. The first kappa shape index (κ1) is 28.2. The number of aliphatic imine (C=N–C) groups is 1. The first-order valence-electron chi connectivity index (χ1n) is 13.6. The van der Waals surface area contributed by atoms with Crippen molar-refractivity contribution < 1.29 is 19.8 Å². The highest BCUT2D eigenvalue weighted by molar-refractivity contribution is 6.17. The number of carboxylic acids is 1. The van der Waals surface area contributed by atoms with Crippen molar-refractivity contribution in [1.82, 2.24) is 4.90 Å². The molecule has 1 aliphatic heterocycles. The number of anilines is 1. The summed E-state index contributed by atoms with van der Waals surface area (Å²) in [5.74, 6) is -1.72. The van der Waals surface area contributed by atoms with Crippen molar-refractivity contribution in [2.45, 2.75) is 44.6 Å². The quantitative estimate of drug-likeness (QED) is 0.309. The Bertz CT molecular complexity index is 1270. The first-order chi connectivity index (χ1) is 19.0. The molecule has 204 valence electrons. The molecule has 3 aromatic rings. The summed E-state index contributed by atoms with van der Waals surface area (Å²) in [5, 5.41) is 23.3. The Labute approximate surface area is 230 Å². The summed E-state index contributed by atoms with van der Waals surface area (Å²) in [4.78, 5) is 32.7. The highest BCUT2D eigenvalue weighted by Crippen LogP contribution is 2.29. The zero-order chi connectivity index (χ0) is 27.6. The van der Waals surface area contributed by atoms with Crippen LogP contribution in [-0.4, -0.2) is 65.0 Å². The van der Waals surface area contributed by atoms with Gasteiger partial charge in [-0.3, -0.25) is 14.7 Å². The standard InChI is InChI=1S/C32H37N3O4/c1-23-14-16-24(17-15-23)26(18-21-36)31(32(38)39)34-30(25-10-4-2-5-11-25)27-12-6-7-13-28(27)33-29(37)22-35-19-8-3-9-20-35/h2,4-7,10-17,26,31,36H,3,8-9,18-22H2,1H3,(H,33,37)(H,38,39)/t26-,31+/m0/s1. The van der Waals surface area contributed by atoms with Crippen molar-refractivity contribution >= 4 is 23.3 Å². The van der Waals surface area contributed by atoms with Gasteiger partial charge in [-0.05, 0) is 50.9 Å².